The molecule has 3 nitrogen and oxygen atoms in total. The van der Waals surface area contributed by atoms with Crippen molar-refractivity contribution >= 4 is 11.3 Å². The van der Waals surface area contributed by atoms with E-state index in [1.54, 1.807) is 17.5 Å². The standard InChI is InChI=1S/C14H17NO2S/c1-11-4-2-3-5-12(11)14(9-16,10-17)8-13-15-6-7-18-13/h2-7,16-17H,8-10H2,1H3. The van der Waals surface area contributed by atoms with Gasteiger partial charge >= 0.3 is 0 Å². The highest BCUT2D eigenvalue weighted by Crippen LogP contribution is 2.30. The molecule has 0 aliphatic rings. The maximum atomic E-state index is 9.77. The van der Waals surface area contributed by atoms with E-state index in [1.807, 2.05) is 36.6 Å². The molecule has 0 saturated carbocycles. The number of aryl methyl sites for hydroxylation is 1. The average Bonchev–Trinajstić information content (AvgIpc) is 2.90. The fraction of sp³-hybridized carbons (Fsp3) is 0.357. The molecule has 0 saturated heterocycles. The van der Waals surface area contributed by atoms with Crippen LogP contribution in [0.3, 0.4) is 0 Å². The molecule has 0 bridgehead atoms. The molecule has 2 aromatic rings. The van der Waals surface area contributed by atoms with Crippen LogP contribution < -0.4 is 0 Å². The van der Waals surface area contributed by atoms with Gasteiger partial charge in [0.1, 0.15) is 0 Å². The first kappa shape index (κ1) is 13.2. The summed E-state index contributed by atoms with van der Waals surface area (Å²) < 4.78 is 0. The normalized spacial score (nSPS) is 11.7. The van der Waals surface area contributed by atoms with Gasteiger partial charge in [-0.25, -0.2) is 4.98 Å². The summed E-state index contributed by atoms with van der Waals surface area (Å²) in [6, 6.07) is 7.86. The highest BCUT2D eigenvalue weighted by molar-refractivity contribution is 7.09. The Morgan fingerprint density at radius 3 is 2.50 bits per heavy atom. The summed E-state index contributed by atoms with van der Waals surface area (Å²) in [7, 11) is 0. The van der Waals surface area contributed by atoms with E-state index in [0.717, 1.165) is 16.1 Å². The predicted octanol–water partition coefficient (Wildman–Crippen LogP) is 1.92. The van der Waals surface area contributed by atoms with Crippen LogP contribution >= 0.6 is 11.3 Å². The summed E-state index contributed by atoms with van der Waals surface area (Å²) in [5, 5.41) is 22.4. The number of aromatic nitrogens is 1. The maximum absolute atomic E-state index is 9.77. The zero-order valence-corrected chi connectivity index (χ0v) is 11.2. The van der Waals surface area contributed by atoms with Gasteiger partial charge in [0, 0.05) is 23.4 Å². The van der Waals surface area contributed by atoms with Crippen LogP contribution in [-0.2, 0) is 11.8 Å². The van der Waals surface area contributed by atoms with Crippen molar-refractivity contribution in [3.05, 3.63) is 52.0 Å². The lowest BCUT2D eigenvalue weighted by Gasteiger charge is -2.31. The number of aliphatic hydroxyl groups is 2. The Balaban J connectivity index is 2.40. The zero-order valence-electron chi connectivity index (χ0n) is 10.3. The highest BCUT2D eigenvalue weighted by atomic mass is 32.1. The molecule has 96 valence electrons. The van der Waals surface area contributed by atoms with Crippen LogP contribution in [0.1, 0.15) is 16.1 Å². The van der Waals surface area contributed by atoms with E-state index in [2.05, 4.69) is 4.98 Å². The Kier molecular flexibility index (Phi) is 4.11. The lowest BCUT2D eigenvalue weighted by molar-refractivity contribution is 0.115. The molecule has 0 spiro atoms. The summed E-state index contributed by atoms with van der Waals surface area (Å²) in [6.45, 7) is 1.82. The maximum Gasteiger partial charge on any atom is 0.0935 e. The van der Waals surface area contributed by atoms with E-state index in [1.165, 1.54) is 0 Å². The molecular formula is C14H17NO2S. The van der Waals surface area contributed by atoms with Crippen LogP contribution in [-0.4, -0.2) is 28.4 Å². The number of aliphatic hydroxyl groups excluding tert-OH is 2. The molecular weight excluding hydrogens is 246 g/mol. The van der Waals surface area contributed by atoms with Crippen molar-refractivity contribution in [2.45, 2.75) is 18.8 Å². The Morgan fingerprint density at radius 1 is 1.22 bits per heavy atom. The van der Waals surface area contributed by atoms with E-state index in [0.29, 0.717) is 6.42 Å². The first-order valence-electron chi connectivity index (χ1n) is 5.88. The van der Waals surface area contributed by atoms with Gasteiger partial charge in [0.15, 0.2) is 0 Å². The third-order valence-electron chi connectivity index (χ3n) is 3.29. The Bertz CT molecular complexity index is 492. The molecule has 0 aliphatic heterocycles. The lowest BCUT2D eigenvalue weighted by atomic mass is 9.77. The Labute approximate surface area is 111 Å². The van der Waals surface area contributed by atoms with E-state index < -0.39 is 5.41 Å². The molecule has 0 amide bonds. The fourth-order valence-corrected chi connectivity index (χ4v) is 2.99. The Hall–Kier alpha value is -1.23. The van der Waals surface area contributed by atoms with Crippen molar-refractivity contribution in [2.24, 2.45) is 0 Å². The van der Waals surface area contributed by atoms with Gasteiger partial charge in [-0.2, -0.15) is 0 Å². The van der Waals surface area contributed by atoms with E-state index >= 15 is 0 Å². The number of hydrogen-bond donors (Lipinski definition) is 2. The van der Waals surface area contributed by atoms with Gasteiger partial charge in [0.25, 0.3) is 0 Å². The number of nitrogens with zero attached hydrogens (tertiary/aromatic N) is 1. The zero-order chi connectivity index (χ0) is 13.0. The monoisotopic (exact) mass is 263 g/mol. The second-order valence-corrected chi connectivity index (χ2v) is 5.49. The minimum absolute atomic E-state index is 0.0894. The van der Waals surface area contributed by atoms with E-state index in [-0.39, 0.29) is 13.2 Å². The summed E-state index contributed by atoms with van der Waals surface area (Å²) in [6.07, 6.45) is 2.31. The lowest BCUT2D eigenvalue weighted by Crippen LogP contribution is -2.38. The number of thiazole rings is 1. The van der Waals surface area contributed by atoms with Crippen LogP contribution in [0.15, 0.2) is 35.8 Å². The molecule has 1 heterocycles. The SMILES string of the molecule is Cc1ccccc1C(CO)(CO)Cc1nccs1. The highest BCUT2D eigenvalue weighted by Gasteiger charge is 2.33. The molecule has 0 fully saturated rings. The third kappa shape index (κ3) is 2.46. The molecule has 18 heavy (non-hydrogen) atoms. The molecule has 0 unspecified atom stereocenters. The van der Waals surface area contributed by atoms with E-state index in [9.17, 15) is 10.2 Å². The summed E-state index contributed by atoms with van der Waals surface area (Å²) in [4.78, 5) is 4.25. The molecule has 0 atom stereocenters. The van der Waals surface area contributed by atoms with Gasteiger partial charge in [-0.3, -0.25) is 0 Å². The number of benzene rings is 1. The van der Waals surface area contributed by atoms with Crippen LogP contribution in [0, 0.1) is 6.92 Å². The van der Waals surface area contributed by atoms with Crippen molar-refractivity contribution < 1.29 is 10.2 Å². The molecule has 0 radical (unpaired) electrons. The van der Waals surface area contributed by atoms with Crippen LogP contribution in [0.2, 0.25) is 0 Å². The first-order chi connectivity index (χ1) is 8.72. The second-order valence-electron chi connectivity index (χ2n) is 4.51. The molecule has 4 heteroatoms. The van der Waals surface area contributed by atoms with Crippen molar-refractivity contribution in [1.82, 2.24) is 4.98 Å². The van der Waals surface area contributed by atoms with Crippen molar-refractivity contribution in [1.29, 1.82) is 0 Å². The summed E-state index contributed by atoms with van der Waals surface area (Å²) >= 11 is 1.55. The van der Waals surface area contributed by atoms with Gasteiger partial charge < -0.3 is 10.2 Å². The fourth-order valence-electron chi connectivity index (χ4n) is 2.23. The second kappa shape index (κ2) is 5.61. The van der Waals surface area contributed by atoms with Crippen LogP contribution in [0.25, 0.3) is 0 Å². The predicted molar refractivity (Wildman–Crippen MR) is 72.8 cm³/mol. The third-order valence-corrected chi connectivity index (χ3v) is 4.07. The quantitative estimate of drug-likeness (QED) is 0.866. The number of hydrogen-bond acceptors (Lipinski definition) is 4. The van der Waals surface area contributed by atoms with Crippen LogP contribution in [0.5, 0.6) is 0 Å². The Morgan fingerprint density at radius 2 is 1.94 bits per heavy atom. The average molecular weight is 263 g/mol. The minimum Gasteiger partial charge on any atom is -0.395 e. The minimum atomic E-state index is -0.650. The van der Waals surface area contributed by atoms with Crippen molar-refractivity contribution in [3.63, 3.8) is 0 Å². The van der Waals surface area contributed by atoms with Crippen LogP contribution in [0.4, 0.5) is 0 Å². The van der Waals surface area contributed by atoms with E-state index in [4.69, 9.17) is 0 Å². The van der Waals surface area contributed by atoms with Gasteiger partial charge in [0.2, 0.25) is 0 Å². The van der Waals surface area contributed by atoms with Gasteiger partial charge in [-0.1, -0.05) is 24.3 Å². The van der Waals surface area contributed by atoms with Gasteiger partial charge in [-0.15, -0.1) is 11.3 Å². The molecule has 1 aromatic carbocycles. The molecule has 1 aromatic heterocycles. The van der Waals surface area contributed by atoms with Crippen molar-refractivity contribution in [3.8, 4) is 0 Å². The first-order valence-corrected chi connectivity index (χ1v) is 6.76. The summed E-state index contributed by atoms with van der Waals surface area (Å²) in [5.41, 5.74) is 1.42. The molecule has 2 rings (SSSR count). The van der Waals surface area contributed by atoms with Gasteiger partial charge in [-0.05, 0) is 18.1 Å². The molecule has 2 N–H and O–H groups in total. The van der Waals surface area contributed by atoms with Gasteiger partial charge in [0.05, 0.1) is 18.2 Å². The topological polar surface area (TPSA) is 53.4 Å². The largest absolute Gasteiger partial charge is 0.395 e. The number of rotatable bonds is 5. The van der Waals surface area contributed by atoms with Crippen molar-refractivity contribution in [2.75, 3.05) is 13.2 Å². The molecule has 0 aliphatic carbocycles. The smallest absolute Gasteiger partial charge is 0.0935 e. The summed E-state index contributed by atoms with van der Waals surface area (Å²) in [5.74, 6) is 0.